The van der Waals surface area contributed by atoms with Gasteiger partial charge >= 0.3 is 0 Å². The Labute approximate surface area is 196 Å². The summed E-state index contributed by atoms with van der Waals surface area (Å²) in [5.74, 6) is 0.838. The maximum Gasteiger partial charge on any atom is 0.222 e. The molecule has 7 nitrogen and oxygen atoms in total. The quantitative estimate of drug-likeness (QED) is 0.514. The lowest BCUT2D eigenvalue weighted by atomic mass is 10.1. The molecule has 4 rings (SSSR count). The highest BCUT2D eigenvalue weighted by Crippen LogP contribution is 2.34. The average Bonchev–Trinajstić information content (AvgIpc) is 3.02. The predicted molar refractivity (Wildman–Crippen MR) is 125 cm³/mol. The fourth-order valence-corrected chi connectivity index (χ4v) is 7.25. The highest BCUT2D eigenvalue weighted by molar-refractivity contribution is 14.1. The van der Waals surface area contributed by atoms with Gasteiger partial charge in [0.25, 0.3) is 0 Å². The number of rotatable bonds is 6. The van der Waals surface area contributed by atoms with Crippen molar-refractivity contribution < 1.29 is 13.2 Å². The van der Waals surface area contributed by atoms with E-state index in [0.717, 1.165) is 18.7 Å². The molecule has 2 atom stereocenters. The summed E-state index contributed by atoms with van der Waals surface area (Å²) >= 11 is 2.03. The van der Waals surface area contributed by atoms with Crippen LogP contribution in [-0.4, -0.2) is 55.1 Å². The fraction of sp³-hybridized carbons (Fsp3) is 0.409. The van der Waals surface area contributed by atoms with E-state index in [-0.39, 0.29) is 30.2 Å². The molecule has 2 aliphatic heterocycles. The number of hydrogen-bond acceptors (Lipinski definition) is 6. The number of piperazine rings is 1. The van der Waals surface area contributed by atoms with Crippen molar-refractivity contribution in [2.24, 2.45) is 0 Å². The van der Waals surface area contributed by atoms with Gasteiger partial charge < -0.3 is 9.80 Å². The molecule has 9 heteroatoms. The zero-order valence-electron chi connectivity index (χ0n) is 16.9. The number of pyridine rings is 1. The first-order chi connectivity index (χ1) is 14.9. The molecule has 0 spiro atoms. The topological polar surface area (TPSA) is 94.4 Å². The molecule has 2 aromatic rings. The van der Waals surface area contributed by atoms with E-state index in [4.69, 9.17) is 5.26 Å². The van der Waals surface area contributed by atoms with E-state index in [1.165, 1.54) is 0 Å². The van der Waals surface area contributed by atoms with Crippen molar-refractivity contribution in [2.45, 2.75) is 42.7 Å². The summed E-state index contributed by atoms with van der Waals surface area (Å²) in [6, 6.07) is 13.1. The summed E-state index contributed by atoms with van der Waals surface area (Å²) in [6.07, 6.45) is 4.13. The van der Waals surface area contributed by atoms with Gasteiger partial charge in [0.15, 0.2) is 9.84 Å². The molecule has 162 valence electrons. The molecule has 31 heavy (non-hydrogen) atoms. The van der Waals surface area contributed by atoms with Crippen LogP contribution >= 0.6 is 22.6 Å². The van der Waals surface area contributed by atoms with Crippen molar-refractivity contribution >= 4 is 44.2 Å². The van der Waals surface area contributed by atoms with Gasteiger partial charge in [-0.25, -0.2) is 13.4 Å². The van der Waals surface area contributed by atoms with Crippen molar-refractivity contribution in [1.29, 1.82) is 5.26 Å². The number of hydrogen-bond donors (Lipinski definition) is 0. The number of anilines is 1. The third-order valence-electron chi connectivity index (χ3n) is 5.95. The first-order valence-corrected chi connectivity index (χ1v) is 13.0. The highest BCUT2D eigenvalue weighted by atomic mass is 127. The minimum absolute atomic E-state index is 0.0160. The lowest BCUT2D eigenvalue weighted by Gasteiger charge is -2.41. The van der Waals surface area contributed by atoms with E-state index in [0.29, 0.717) is 33.5 Å². The molecule has 1 amide bonds. The van der Waals surface area contributed by atoms with Gasteiger partial charge in [-0.1, -0.05) is 12.1 Å². The molecule has 0 aliphatic carbocycles. The predicted octanol–water partition coefficient (Wildman–Crippen LogP) is 2.99. The van der Waals surface area contributed by atoms with E-state index >= 15 is 0 Å². The molecule has 2 fully saturated rings. The van der Waals surface area contributed by atoms with Crippen LogP contribution in [0, 0.1) is 14.9 Å². The van der Waals surface area contributed by atoms with Crippen molar-refractivity contribution in [3.05, 3.63) is 51.7 Å². The first kappa shape index (κ1) is 22.0. The van der Waals surface area contributed by atoms with Crippen LogP contribution in [0.2, 0.25) is 0 Å². The number of carbonyl (C=O) groups is 1. The molecule has 2 bridgehead atoms. The first-order valence-electron chi connectivity index (χ1n) is 10.3. The summed E-state index contributed by atoms with van der Waals surface area (Å²) in [7, 11) is -3.39. The largest absolute Gasteiger partial charge is 0.347 e. The lowest BCUT2D eigenvalue weighted by molar-refractivity contribution is -0.132. The van der Waals surface area contributed by atoms with Gasteiger partial charge in [-0.2, -0.15) is 5.26 Å². The molecular formula is C22H23IN4O3S. The number of carbonyl (C=O) groups excluding carboxylic acids is 1. The normalized spacial score (nSPS) is 20.5. The number of nitrogens with zero attached hydrogens (tertiary/aromatic N) is 4. The van der Waals surface area contributed by atoms with Crippen LogP contribution in [-0.2, 0) is 14.6 Å². The second kappa shape index (κ2) is 9.12. The van der Waals surface area contributed by atoms with Gasteiger partial charge in [0.1, 0.15) is 11.9 Å². The molecule has 0 saturated carbocycles. The van der Waals surface area contributed by atoms with Gasteiger partial charge in [-0.3, -0.25) is 4.79 Å². The summed E-state index contributed by atoms with van der Waals surface area (Å²) < 4.78 is 25.9. The number of sulfone groups is 1. The summed E-state index contributed by atoms with van der Waals surface area (Å²) in [5.41, 5.74) is 0.532. The van der Waals surface area contributed by atoms with Crippen molar-refractivity contribution in [2.75, 3.05) is 23.7 Å². The molecular weight excluding hydrogens is 527 g/mol. The number of likely N-dealkylation sites (tertiary alicyclic amines) is 1. The van der Waals surface area contributed by atoms with Gasteiger partial charge in [0, 0.05) is 41.4 Å². The van der Waals surface area contributed by atoms with E-state index in [2.05, 4.69) is 16.0 Å². The third-order valence-corrected chi connectivity index (χ3v) is 9.11. The van der Waals surface area contributed by atoms with E-state index in [9.17, 15) is 13.2 Å². The molecule has 1 aromatic carbocycles. The number of benzene rings is 1. The van der Waals surface area contributed by atoms with Gasteiger partial charge in [0.05, 0.1) is 16.2 Å². The van der Waals surface area contributed by atoms with Crippen LogP contribution in [0.3, 0.4) is 0 Å². The van der Waals surface area contributed by atoms with E-state index in [1.807, 2.05) is 39.6 Å². The maximum absolute atomic E-state index is 12.8. The van der Waals surface area contributed by atoms with Crippen LogP contribution in [0.1, 0.15) is 31.2 Å². The summed E-state index contributed by atoms with van der Waals surface area (Å²) in [5, 5.41) is 8.96. The Hall–Kier alpha value is -2.19. The summed E-state index contributed by atoms with van der Waals surface area (Å²) in [4.78, 5) is 21.7. The monoisotopic (exact) mass is 550 g/mol. The standard InChI is InChI=1S/C22H23IN4O3S/c23-19-4-1-2-5-20(19)31(29,30)11-3-6-22(28)26-14-17-8-9-18(15-26)27(17)21-10-7-16(12-24)13-25-21/h1-2,4-5,7,10,13,17-18H,3,6,8-9,11,14-15H2. The Balaban J connectivity index is 1.34. The van der Waals surface area contributed by atoms with Crippen LogP contribution in [0.25, 0.3) is 0 Å². The van der Waals surface area contributed by atoms with Gasteiger partial charge in [-0.05, 0) is 66.1 Å². The second-order valence-corrected chi connectivity index (χ2v) is 11.2. The fourth-order valence-electron chi connectivity index (χ4n) is 4.46. The highest BCUT2D eigenvalue weighted by Gasteiger charge is 2.41. The van der Waals surface area contributed by atoms with Gasteiger partial charge in [0.2, 0.25) is 5.91 Å². The Bertz CT molecular complexity index is 1100. The number of aromatic nitrogens is 1. The Morgan fingerprint density at radius 3 is 2.48 bits per heavy atom. The number of fused-ring (bicyclic) bond motifs is 2. The van der Waals surface area contributed by atoms with Crippen LogP contribution < -0.4 is 4.90 Å². The van der Waals surface area contributed by atoms with Crippen molar-refractivity contribution in [3.63, 3.8) is 0 Å². The molecule has 0 N–H and O–H groups in total. The van der Waals surface area contributed by atoms with Crippen LogP contribution in [0.4, 0.5) is 5.82 Å². The average molecular weight is 550 g/mol. The molecule has 3 heterocycles. The lowest BCUT2D eigenvalue weighted by Crippen LogP contribution is -2.55. The zero-order chi connectivity index (χ0) is 22.0. The summed E-state index contributed by atoms with van der Waals surface area (Å²) in [6.45, 7) is 1.25. The Morgan fingerprint density at radius 1 is 1.16 bits per heavy atom. The number of halogens is 1. The Morgan fingerprint density at radius 2 is 1.87 bits per heavy atom. The van der Waals surface area contributed by atoms with E-state index < -0.39 is 9.84 Å². The number of amides is 1. The number of nitriles is 1. The Kier molecular flexibility index (Phi) is 6.48. The SMILES string of the molecule is N#Cc1ccc(N2C3CCC2CN(C(=O)CCCS(=O)(=O)c2ccccc2I)C3)nc1. The minimum Gasteiger partial charge on any atom is -0.347 e. The van der Waals surface area contributed by atoms with Crippen LogP contribution in [0.15, 0.2) is 47.5 Å². The molecule has 2 saturated heterocycles. The second-order valence-electron chi connectivity index (χ2n) is 7.96. The smallest absolute Gasteiger partial charge is 0.222 e. The maximum atomic E-state index is 12.8. The third kappa shape index (κ3) is 4.70. The minimum atomic E-state index is -3.39. The van der Waals surface area contributed by atoms with E-state index in [1.54, 1.807) is 30.5 Å². The van der Waals surface area contributed by atoms with Crippen LogP contribution in [0.5, 0.6) is 0 Å². The van der Waals surface area contributed by atoms with Gasteiger partial charge in [-0.15, -0.1) is 0 Å². The van der Waals surface area contributed by atoms with Crippen molar-refractivity contribution in [1.82, 2.24) is 9.88 Å². The molecule has 1 aromatic heterocycles. The van der Waals surface area contributed by atoms with Crippen molar-refractivity contribution in [3.8, 4) is 6.07 Å². The molecule has 0 radical (unpaired) electrons. The molecule has 2 aliphatic rings. The zero-order valence-corrected chi connectivity index (χ0v) is 19.9. The molecule has 2 unspecified atom stereocenters.